The quantitative estimate of drug-likeness (QED) is 0.834. The van der Waals surface area contributed by atoms with Crippen LogP contribution in [0.4, 0.5) is 5.82 Å². The summed E-state index contributed by atoms with van der Waals surface area (Å²) in [5.41, 5.74) is 1.10. The first-order valence-corrected chi connectivity index (χ1v) is 8.06. The molecule has 7 heteroatoms. The highest BCUT2D eigenvalue weighted by Crippen LogP contribution is 2.14. The van der Waals surface area contributed by atoms with E-state index in [4.69, 9.17) is 16.1 Å². The maximum absolute atomic E-state index is 11.9. The number of carbonyl (C=O) groups is 2. The van der Waals surface area contributed by atoms with Crippen LogP contribution in [-0.2, 0) is 16.0 Å². The number of amides is 2. The topological polar surface area (TPSA) is 75.4 Å². The van der Waals surface area contributed by atoms with Gasteiger partial charge in [-0.15, -0.1) is 0 Å². The zero-order chi connectivity index (χ0) is 17.5. The van der Waals surface area contributed by atoms with Gasteiger partial charge in [0, 0.05) is 37.5 Å². The van der Waals surface area contributed by atoms with Crippen LogP contribution in [0.5, 0.6) is 0 Å². The molecule has 0 saturated heterocycles. The van der Waals surface area contributed by atoms with Crippen molar-refractivity contribution >= 4 is 29.2 Å². The number of benzene rings is 1. The van der Waals surface area contributed by atoms with Crippen molar-refractivity contribution in [1.82, 2.24) is 10.5 Å². The first-order valence-electron chi connectivity index (χ1n) is 7.68. The monoisotopic (exact) mass is 349 g/mol. The van der Waals surface area contributed by atoms with Crippen molar-refractivity contribution in [2.75, 3.05) is 18.0 Å². The van der Waals surface area contributed by atoms with Crippen LogP contribution in [0, 0.1) is 6.92 Å². The lowest BCUT2D eigenvalue weighted by Crippen LogP contribution is -2.34. The lowest BCUT2D eigenvalue weighted by atomic mass is 10.1. The number of aromatic nitrogens is 1. The molecule has 128 valence electrons. The number of nitrogens with zero attached hydrogens (tertiary/aromatic N) is 2. The standard InChI is InChI=1S/C17H20ClN3O3/c1-12-11-16(20-24-12)21(13(2)22)10-8-17(23)19-9-7-14-3-5-15(18)6-4-14/h3-6,11H,7-10H2,1-2H3,(H,19,23). The molecule has 0 saturated carbocycles. The lowest BCUT2D eigenvalue weighted by Gasteiger charge is -2.17. The summed E-state index contributed by atoms with van der Waals surface area (Å²) in [5.74, 6) is 0.741. The number of nitrogens with one attached hydrogen (secondary N) is 1. The van der Waals surface area contributed by atoms with Crippen molar-refractivity contribution in [3.63, 3.8) is 0 Å². The second kappa shape index (κ2) is 8.49. The predicted molar refractivity (Wildman–Crippen MR) is 92.0 cm³/mol. The van der Waals surface area contributed by atoms with Gasteiger partial charge in [-0.05, 0) is 31.0 Å². The Bertz CT molecular complexity index is 697. The Hall–Kier alpha value is -2.34. The van der Waals surface area contributed by atoms with Crippen LogP contribution in [-0.4, -0.2) is 30.1 Å². The molecule has 0 radical (unpaired) electrons. The van der Waals surface area contributed by atoms with Gasteiger partial charge in [-0.25, -0.2) is 0 Å². The zero-order valence-electron chi connectivity index (χ0n) is 13.7. The van der Waals surface area contributed by atoms with Crippen molar-refractivity contribution in [2.45, 2.75) is 26.7 Å². The Morgan fingerprint density at radius 3 is 2.58 bits per heavy atom. The molecular formula is C17H20ClN3O3. The SMILES string of the molecule is CC(=O)N(CCC(=O)NCCc1ccc(Cl)cc1)c1cc(C)on1. The molecule has 0 aliphatic rings. The number of hydrogen-bond acceptors (Lipinski definition) is 4. The number of halogens is 1. The molecule has 2 aromatic rings. The van der Waals surface area contributed by atoms with Crippen LogP contribution in [0.1, 0.15) is 24.7 Å². The molecule has 1 aromatic heterocycles. The molecule has 2 amide bonds. The number of anilines is 1. The molecule has 1 heterocycles. The third kappa shape index (κ3) is 5.38. The average molecular weight is 350 g/mol. The summed E-state index contributed by atoms with van der Waals surface area (Å²) in [7, 11) is 0. The van der Waals surface area contributed by atoms with E-state index in [2.05, 4.69) is 10.5 Å². The molecule has 6 nitrogen and oxygen atoms in total. The smallest absolute Gasteiger partial charge is 0.225 e. The molecule has 24 heavy (non-hydrogen) atoms. The first kappa shape index (κ1) is 18.0. The second-order valence-electron chi connectivity index (χ2n) is 5.44. The van der Waals surface area contributed by atoms with E-state index in [1.807, 2.05) is 24.3 Å². The molecule has 0 unspecified atom stereocenters. The van der Waals surface area contributed by atoms with Crippen LogP contribution in [0.2, 0.25) is 5.02 Å². The molecule has 0 aliphatic carbocycles. The Labute approximate surface area is 145 Å². The van der Waals surface area contributed by atoms with Gasteiger partial charge >= 0.3 is 0 Å². The third-order valence-corrected chi connectivity index (χ3v) is 3.74. The normalized spacial score (nSPS) is 10.5. The fraction of sp³-hybridized carbons (Fsp3) is 0.353. The van der Waals surface area contributed by atoms with Crippen LogP contribution < -0.4 is 10.2 Å². The van der Waals surface area contributed by atoms with E-state index in [1.165, 1.54) is 11.8 Å². The van der Waals surface area contributed by atoms with Crippen LogP contribution in [0.3, 0.4) is 0 Å². The van der Waals surface area contributed by atoms with Crippen molar-refractivity contribution < 1.29 is 14.1 Å². The molecule has 1 aromatic carbocycles. The van der Waals surface area contributed by atoms with Gasteiger partial charge in [-0.1, -0.05) is 28.9 Å². The van der Waals surface area contributed by atoms with E-state index < -0.39 is 0 Å². The number of aryl methyl sites for hydroxylation is 1. The van der Waals surface area contributed by atoms with Gasteiger partial charge in [0.1, 0.15) is 5.76 Å². The number of hydrogen-bond donors (Lipinski definition) is 1. The Balaban J connectivity index is 1.77. The van der Waals surface area contributed by atoms with E-state index in [1.54, 1.807) is 13.0 Å². The largest absolute Gasteiger partial charge is 0.360 e. The number of rotatable bonds is 7. The summed E-state index contributed by atoms with van der Waals surface area (Å²) in [4.78, 5) is 25.1. The van der Waals surface area contributed by atoms with Crippen molar-refractivity contribution in [3.05, 3.63) is 46.7 Å². The van der Waals surface area contributed by atoms with Crippen molar-refractivity contribution in [2.24, 2.45) is 0 Å². The zero-order valence-corrected chi connectivity index (χ0v) is 14.5. The fourth-order valence-corrected chi connectivity index (χ4v) is 2.34. The molecule has 1 N–H and O–H groups in total. The molecule has 0 aliphatic heterocycles. The second-order valence-corrected chi connectivity index (χ2v) is 5.88. The third-order valence-electron chi connectivity index (χ3n) is 3.48. The molecule has 2 rings (SSSR count). The minimum absolute atomic E-state index is 0.115. The molecule has 0 fully saturated rings. The van der Waals surface area contributed by atoms with Gasteiger partial charge in [0.25, 0.3) is 0 Å². The van der Waals surface area contributed by atoms with Gasteiger partial charge in [0.2, 0.25) is 11.8 Å². The van der Waals surface area contributed by atoms with E-state index >= 15 is 0 Å². The Morgan fingerprint density at radius 1 is 1.29 bits per heavy atom. The van der Waals surface area contributed by atoms with Crippen molar-refractivity contribution in [1.29, 1.82) is 0 Å². The summed E-state index contributed by atoms with van der Waals surface area (Å²) in [6, 6.07) is 9.17. The summed E-state index contributed by atoms with van der Waals surface area (Å²) >= 11 is 5.83. The molecule has 0 bridgehead atoms. The van der Waals surface area contributed by atoms with Gasteiger partial charge in [0.15, 0.2) is 5.82 Å². The molecule has 0 spiro atoms. The molecular weight excluding hydrogens is 330 g/mol. The van der Waals surface area contributed by atoms with Gasteiger partial charge < -0.3 is 9.84 Å². The van der Waals surface area contributed by atoms with Gasteiger partial charge in [0.05, 0.1) is 0 Å². The highest BCUT2D eigenvalue weighted by Gasteiger charge is 2.16. The van der Waals surface area contributed by atoms with E-state index in [9.17, 15) is 9.59 Å². The lowest BCUT2D eigenvalue weighted by molar-refractivity contribution is -0.121. The van der Waals surface area contributed by atoms with E-state index in [0.29, 0.717) is 23.1 Å². The van der Waals surface area contributed by atoms with E-state index in [-0.39, 0.29) is 24.8 Å². The van der Waals surface area contributed by atoms with Gasteiger partial charge in [-0.3, -0.25) is 14.5 Å². The highest BCUT2D eigenvalue weighted by atomic mass is 35.5. The minimum atomic E-state index is -0.183. The Kier molecular flexibility index (Phi) is 6.37. The predicted octanol–water partition coefficient (Wildman–Crippen LogP) is 2.74. The van der Waals surface area contributed by atoms with Crippen LogP contribution >= 0.6 is 11.6 Å². The first-order chi connectivity index (χ1) is 11.5. The van der Waals surface area contributed by atoms with Crippen molar-refractivity contribution in [3.8, 4) is 0 Å². The van der Waals surface area contributed by atoms with Crippen LogP contribution in [0.25, 0.3) is 0 Å². The summed E-state index contributed by atoms with van der Waals surface area (Å²) in [5, 5.41) is 7.34. The summed E-state index contributed by atoms with van der Waals surface area (Å²) in [6.45, 7) is 3.97. The Morgan fingerprint density at radius 2 is 2.00 bits per heavy atom. The molecule has 0 atom stereocenters. The minimum Gasteiger partial charge on any atom is -0.360 e. The van der Waals surface area contributed by atoms with E-state index in [0.717, 1.165) is 12.0 Å². The maximum atomic E-state index is 11.9. The highest BCUT2D eigenvalue weighted by molar-refractivity contribution is 6.30. The maximum Gasteiger partial charge on any atom is 0.225 e. The number of carbonyl (C=O) groups excluding carboxylic acids is 2. The average Bonchev–Trinajstić information content (AvgIpc) is 2.95. The summed E-state index contributed by atoms with van der Waals surface area (Å²) in [6.07, 6.45) is 0.925. The van der Waals surface area contributed by atoms with Gasteiger partial charge in [-0.2, -0.15) is 0 Å². The summed E-state index contributed by atoms with van der Waals surface area (Å²) < 4.78 is 4.97. The fourth-order valence-electron chi connectivity index (χ4n) is 2.21. The van der Waals surface area contributed by atoms with Crippen LogP contribution in [0.15, 0.2) is 34.9 Å².